The van der Waals surface area contributed by atoms with E-state index in [2.05, 4.69) is 20.6 Å². The molecule has 118 valence electrons. The summed E-state index contributed by atoms with van der Waals surface area (Å²) in [6.07, 6.45) is 2.06. The van der Waals surface area contributed by atoms with Gasteiger partial charge in [0.2, 0.25) is 0 Å². The van der Waals surface area contributed by atoms with Gasteiger partial charge in [-0.1, -0.05) is 0 Å². The van der Waals surface area contributed by atoms with Gasteiger partial charge in [-0.2, -0.15) is 10.2 Å². The van der Waals surface area contributed by atoms with Gasteiger partial charge in [0.1, 0.15) is 5.69 Å². The van der Waals surface area contributed by atoms with E-state index in [-0.39, 0.29) is 12.0 Å². The number of H-pyrrole nitrogens is 1. The molecule has 1 aliphatic rings. The van der Waals surface area contributed by atoms with Crippen molar-refractivity contribution in [2.24, 2.45) is 7.05 Å². The lowest BCUT2D eigenvalue weighted by molar-refractivity contribution is 0.101. The van der Waals surface area contributed by atoms with Gasteiger partial charge in [-0.3, -0.25) is 14.6 Å². The van der Waals surface area contributed by atoms with Gasteiger partial charge in [-0.25, -0.2) is 0 Å². The first kappa shape index (κ1) is 14.7. The van der Waals surface area contributed by atoms with Crippen LogP contribution in [0.3, 0.4) is 0 Å². The average Bonchev–Trinajstić information content (AvgIpc) is 3.19. The Hall–Kier alpha value is -2.19. The molecule has 2 aromatic rings. The molecule has 0 spiro atoms. The SMILES string of the molecule is COCc1cc(C(=O)Nc2cc([C@H]3CCCO3)[nH]n2)n(C)n1. The van der Waals surface area contributed by atoms with Crippen molar-refractivity contribution in [1.29, 1.82) is 0 Å². The molecule has 1 aliphatic heterocycles. The summed E-state index contributed by atoms with van der Waals surface area (Å²) < 4.78 is 12.1. The zero-order chi connectivity index (χ0) is 15.5. The Balaban J connectivity index is 1.68. The molecule has 22 heavy (non-hydrogen) atoms. The molecular formula is C14H19N5O3. The first-order chi connectivity index (χ1) is 10.7. The Kier molecular flexibility index (Phi) is 4.21. The van der Waals surface area contributed by atoms with Crippen molar-refractivity contribution in [3.8, 4) is 0 Å². The fourth-order valence-electron chi connectivity index (χ4n) is 2.53. The van der Waals surface area contributed by atoms with Crippen molar-refractivity contribution in [3.63, 3.8) is 0 Å². The van der Waals surface area contributed by atoms with E-state index in [1.807, 2.05) is 0 Å². The Morgan fingerprint density at radius 1 is 1.59 bits per heavy atom. The zero-order valence-electron chi connectivity index (χ0n) is 12.6. The molecule has 2 aromatic heterocycles. The lowest BCUT2D eigenvalue weighted by Gasteiger charge is -2.04. The smallest absolute Gasteiger partial charge is 0.275 e. The van der Waals surface area contributed by atoms with Crippen LogP contribution in [0.5, 0.6) is 0 Å². The molecule has 0 aliphatic carbocycles. The Bertz CT molecular complexity index is 657. The Morgan fingerprint density at radius 2 is 2.45 bits per heavy atom. The number of nitrogens with one attached hydrogen (secondary N) is 2. The van der Waals surface area contributed by atoms with E-state index in [0.29, 0.717) is 23.8 Å². The van der Waals surface area contributed by atoms with Gasteiger partial charge in [0.05, 0.1) is 24.1 Å². The first-order valence-electron chi connectivity index (χ1n) is 7.17. The highest BCUT2D eigenvalue weighted by Gasteiger charge is 2.21. The Labute approximate surface area is 127 Å². The molecule has 1 atom stereocenters. The minimum Gasteiger partial charge on any atom is -0.378 e. The van der Waals surface area contributed by atoms with E-state index in [1.165, 1.54) is 4.68 Å². The molecule has 8 nitrogen and oxygen atoms in total. The van der Waals surface area contributed by atoms with Crippen molar-refractivity contribution in [2.75, 3.05) is 19.0 Å². The number of hydrogen-bond acceptors (Lipinski definition) is 5. The number of aromatic amines is 1. The fraction of sp³-hybridized carbons (Fsp3) is 0.500. The number of anilines is 1. The summed E-state index contributed by atoms with van der Waals surface area (Å²) in [5, 5.41) is 14.0. The number of methoxy groups -OCH3 is 1. The van der Waals surface area contributed by atoms with E-state index < -0.39 is 0 Å². The number of nitrogens with zero attached hydrogens (tertiary/aromatic N) is 3. The number of amides is 1. The maximum Gasteiger partial charge on any atom is 0.275 e. The van der Waals surface area contributed by atoms with Crippen molar-refractivity contribution in [1.82, 2.24) is 20.0 Å². The van der Waals surface area contributed by atoms with Crippen LogP contribution >= 0.6 is 0 Å². The molecule has 1 amide bonds. The second-order valence-electron chi connectivity index (χ2n) is 5.24. The summed E-state index contributed by atoms with van der Waals surface area (Å²) in [7, 11) is 3.31. The third-order valence-electron chi connectivity index (χ3n) is 3.57. The van der Waals surface area contributed by atoms with Crippen LogP contribution in [0.4, 0.5) is 5.82 Å². The van der Waals surface area contributed by atoms with Crippen molar-refractivity contribution in [3.05, 3.63) is 29.2 Å². The highest BCUT2D eigenvalue weighted by Crippen LogP contribution is 2.28. The van der Waals surface area contributed by atoms with Crippen LogP contribution in [0.2, 0.25) is 0 Å². The van der Waals surface area contributed by atoms with Crippen molar-refractivity contribution >= 4 is 11.7 Å². The maximum atomic E-state index is 12.3. The Morgan fingerprint density at radius 3 is 3.18 bits per heavy atom. The number of ether oxygens (including phenoxy) is 2. The topological polar surface area (TPSA) is 94.1 Å². The third kappa shape index (κ3) is 3.02. The summed E-state index contributed by atoms with van der Waals surface area (Å²) in [6.45, 7) is 1.13. The third-order valence-corrected chi connectivity index (χ3v) is 3.57. The largest absolute Gasteiger partial charge is 0.378 e. The minimum absolute atomic E-state index is 0.0446. The summed E-state index contributed by atoms with van der Waals surface area (Å²) >= 11 is 0. The van der Waals surface area contributed by atoms with Crippen LogP contribution in [0.15, 0.2) is 12.1 Å². The second kappa shape index (κ2) is 6.29. The van der Waals surface area contributed by atoms with E-state index in [4.69, 9.17) is 9.47 Å². The van der Waals surface area contributed by atoms with E-state index in [0.717, 1.165) is 25.1 Å². The molecule has 1 saturated heterocycles. The maximum absolute atomic E-state index is 12.3. The van der Waals surface area contributed by atoms with Gasteiger partial charge in [-0.05, 0) is 18.9 Å². The van der Waals surface area contributed by atoms with Crippen molar-refractivity contribution < 1.29 is 14.3 Å². The van der Waals surface area contributed by atoms with Gasteiger partial charge in [0.15, 0.2) is 5.82 Å². The van der Waals surface area contributed by atoms with E-state index >= 15 is 0 Å². The molecule has 2 N–H and O–H groups in total. The quantitative estimate of drug-likeness (QED) is 0.870. The van der Waals surface area contributed by atoms with Gasteiger partial charge in [0.25, 0.3) is 5.91 Å². The van der Waals surface area contributed by atoms with Crippen LogP contribution < -0.4 is 5.32 Å². The lowest BCUT2D eigenvalue weighted by Crippen LogP contribution is -2.16. The summed E-state index contributed by atoms with van der Waals surface area (Å²) in [6, 6.07) is 3.51. The van der Waals surface area contributed by atoms with Crippen LogP contribution in [-0.2, 0) is 23.1 Å². The highest BCUT2D eigenvalue weighted by molar-refractivity contribution is 6.02. The number of aromatic nitrogens is 4. The molecule has 0 unspecified atom stereocenters. The van der Waals surface area contributed by atoms with Crippen molar-refractivity contribution in [2.45, 2.75) is 25.6 Å². The molecule has 3 heterocycles. The molecule has 0 saturated carbocycles. The van der Waals surface area contributed by atoms with Gasteiger partial charge >= 0.3 is 0 Å². The summed E-state index contributed by atoms with van der Waals surface area (Å²) in [5.41, 5.74) is 2.05. The highest BCUT2D eigenvalue weighted by atomic mass is 16.5. The molecule has 0 aromatic carbocycles. The molecule has 0 bridgehead atoms. The normalized spacial score (nSPS) is 17.8. The predicted octanol–water partition coefficient (Wildman–Crippen LogP) is 1.39. The standard InChI is InChI=1S/C14H19N5O3/c1-19-11(6-9(18-19)8-21-2)14(20)15-13-7-10(16-17-13)12-4-3-5-22-12/h6-7,12H,3-5,8H2,1-2H3,(H2,15,16,17,20)/t12-/m1/s1. The number of aryl methyl sites for hydroxylation is 1. The molecule has 1 fully saturated rings. The molecule has 8 heteroatoms. The fourth-order valence-corrected chi connectivity index (χ4v) is 2.53. The predicted molar refractivity (Wildman–Crippen MR) is 78.4 cm³/mol. The van der Waals surface area contributed by atoms with Crippen LogP contribution in [0, 0.1) is 0 Å². The van der Waals surface area contributed by atoms with E-state index in [1.54, 1.807) is 26.3 Å². The van der Waals surface area contributed by atoms with Gasteiger partial charge in [0, 0.05) is 26.8 Å². The summed E-state index contributed by atoms with van der Waals surface area (Å²) in [4.78, 5) is 12.3. The molecular weight excluding hydrogens is 286 g/mol. The molecule has 3 rings (SSSR count). The zero-order valence-corrected chi connectivity index (χ0v) is 12.6. The number of carbonyl (C=O) groups excluding carboxylic acids is 1. The summed E-state index contributed by atoms with van der Waals surface area (Å²) in [5.74, 6) is 0.215. The van der Waals surface area contributed by atoms with Gasteiger partial charge in [-0.15, -0.1) is 0 Å². The minimum atomic E-state index is -0.261. The monoisotopic (exact) mass is 305 g/mol. The van der Waals surface area contributed by atoms with Gasteiger partial charge < -0.3 is 14.8 Å². The van der Waals surface area contributed by atoms with Crippen LogP contribution in [-0.4, -0.2) is 39.6 Å². The first-order valence-corrected chi connectivity index (χ1v) is 7.17. The van der Waals surface area contributed by atoms with E-state index in [9.17, 15) is 4.79 Å². The lowest BCUT2D eigenvalue weighted by atomic mass is 10.2. The number of carbonyl (C=O) groups is 1. The number of hydrogen-bond donors (Lipinski definition) is 2. The average molecular weight is 305 g/mol. The number of rotatable bonds is 5. The second-order valence-corrected chi connectivity index (χ2v) is 5.24. The van der Waals surface area contributed by atoms with Crippen LogP contribution in [0.25, 0.3) is 0 Å². The van der Waals surface area contributed by atoms with Crippen LogP contribution in [0.1, 0.15) is 40.8 Å². The molecule has 0 radical (unpaired) electrons.